The molecule has 0 radical (unpaired) electrons. The van der Waals surface area contributed by atoms with Crippen molar-refractivity contribution in [3.05, 3.63) is 70.0 Å². The van der Waals surface area contributed by atoms with Gasteiger partial charge in [0.25, 0.3) is 5.56 Å². The molecule has 118 valence electrons. The van der Waals surface area contributed by atoms with E-state index in [0.717, 1.165) is 27.5 Å². The Bertz CT molecular complexity index is 1090. The highest BCUT2D eigenvalue weighted by Gasteiger charge is 2.02. The maximum absolute atomic E-state index is 12.1. The third-order valence-electron chi connectivity index (χ3n) is 3.79. The predicted molar refractivity (Wildman–Crippen MR) is 96.6 cm³/mol. The van der Waals surface area contributed by atoms with Gasteiger partial charge in [-0.15, -0.1) is 0 Å². The van der Waals surface area contributed by atoms with E-state index in [1.165, 1.54) is 6.21 Å². The van der Waals surface area contributed by atoms with Crippen LogP contribution in [-0.4, -0.2) is 21.2 Å². The van der Waals surface area contributed by atoms with E-state index < -0.39 is 0 Å². The summed E-state index contributed by atoms with van der Waals surface area (Å²) in [6.45, 7) is 1.99. The molecular formula is C18H15N5O. The van der Waals surface area contributed by atoms with Gasteiger partial charge in [0, 0.05) is 5.52 Å². The number of H-pyrrole nitrogens is 2. The van der Waals surface area contributed by atoms with Gasteiger partial charge < -0.3 is 9.97 Å². The number of aromatic amines is 2. The first-order valence-corrected chi connectivity index (χ1v) is 7.56. The average molecular weight is 317 g/mol. The van der Waals surface area contributed by atoms with E-state index in [1.807, 2.05) is 55.5 Å². The summed E-state index contributed by atoms with van der Waals surface area (Å²) in [6, 6.07) is 15.5. The minimum Gasteiger partial charge on any atom is -0.323 e. The molecular weight excluding hydrogens is 302 g/mol. The van der Waals surface area contributed by atoms with Crippen molar-refractivity contribution in [1.82, 2.24) is 15.0 Å². The van der Waals surface area contributed by atoms with E-state index in [4.69, 9.17) is 0 Å². The number of imidazole rings is 1. The molecule has 0 saturated carbocycles. The second kappa shape index (κ2) is 5.66. The number of benzene rings is 2. The number of nitrogens with zero attached hydrogens (tertiary/aromatic N) is 2. The summed E-state index contributed by atoms with van der Waals surface area (Å²) in [7, 11) is 0. The van der Waals surface area contributed by atoms with Crippen molar-refractivity contribution in [1.29, 1.82) is 0 Å². The third kappa shape index (κ3) is 2.65. The first kappa shape index (κ1) is 14.2. The molecule has 0 saturated heterocycles. The quantitative estimate of drug-likeness (QED) is 0.401. The van der Waals surface area contributed by atoms with Gasteiger partial charge in [-0.1, -0.05) is 24.3 Å². The fourth-order valence-corrected chi connectivity index (χ4v) is 2.60. The molecule has 0 fully saturated rings. The molecule has 0 atom stereocenters. The minimum atomic E-state index is -0.178. The Morgan fingerprint density at radius 2 is 1.96 bits per heavy atom. The van der Waals surface area contributed by atoms with E-state index in [2.05, 4.69) is 25.5 Å². The van der Waals surface area contributed by atoms with Crippen LogP contribution in [0, 0.1) is 6.92 Å². The fourth-order valence-electron chi connectivity index (χ4n) is 2.60. The minimum absolute atomic E-state index is 0.178. The summed E-state index contributed by atoms with van der Waals surface area (Å²) in [5, 5.41) is 5.07. The molecule has 0 aliphatic carbocycles. The summed E-state index contributed by atoms with van der Waals surface area (Å²) in [6.07, 6.45) is 1.49. The Kier molecular flexibility index (Phi) is 3.35. The molecule has 0 spiro atoms. The number of hydrogen-bond donors (Lipinski definition) is 3. The van der Waals surface area contributed by atoms with Crippen LogP contribution < -0.4 is 11.0 Å². The van der Waals surface area contributed by atoms with Crippen LogP contribution in [0.1, 0.15) is 11.1 Å². The molecule has 2 aromatic heterocycles. The number of para-hydroxylation sites is 2. The SMILES string of the molecule is Cc1ccc2cc(C=NNc3nc4ccccc4[nH]3)c(=O)[nH]c2c1. The lowest BCUT2D eigenvalue weighted by Gasteiger charge is -2.01. The second-order valence-electron chi connectivity index (χ2n) is 5.62. The number of rotatable bonds is 3. The van der Waals surface area contributed by atoms with Gasteiger partial charge >= 0.3 is 0 Å². The number of aryl methyl sites for hydroxylation is 1. The number of hydrazone groups is 1. The Labute approximate surface area is 137 Å². The Hall–Kier alpha value is -3.41. The molecule has 4 rings (SSSR count). The normalized spacial score (nSPS) is 11.5. The second-order valence-corrected chi connectivity index (χ2v) is 5.62. The van der Waals surface area contributed by atoms with Gasteiger partial charge in [-0.05, 0) is 42.1 Å². The average Bonchev–Trinajstić information content (AvgIpc) is 2.98. The molecule has 6 heteroatoms. The van der Waals surface area contributed by atoms with Gasteiger partial charge in [-0.25, -0.2) is 10.4 Å². The number of anilines is 1. The Balaban J connectivity index is 1.61. The predicted octanol–water partition coefficient (Wildman–Crippen LogP) is 3.16. The number of hydrogen-bond acceptors (Lipinski definition) is 4. The highest BCUT2D eigenvalue weighted by molar-refractivity contribution is 5.88. The van der Waals surface area contributed by atoms with Gasteiger partial charge in [0.2, 0.25) is 5.95 Å². The van der Waals surface area contributed by atoms with Crippen LogP contribution in [0.4, 0.5) is 5.95 Å². The first-order valence-electron chi connectivity index (χ1n) is 7.56. The van der Waals surface area contributed by atoms with Crippen molar-refractivity contribution in [3.63, 3.8) is 0 Å². The van der Waals surface area contributed by atoms with Gasteiger partial charge in [0.05, 0.1) is 22.8 Å². The molecule has 0 aliphatic heterocycles. The smallest absolute Gasteiger partial charge is 0.257 e. The van der Waals surface area contributed by atoms with Crippen molar-refractivity contribution < 1.29 is 0 Å². The number of fused-ring (bicyclic) bond motifs is 2. The zero-order valence-electron chi connectivity index (χ0n) is 13.0. The number of aromatic nitrogens is 3. The van der Waals surface area contributed by atoms with Crippen LogP contribution in [0.5, 0.6) is 0 Å². The van der Waals surface area contributed by atoms with Gasteiger partial charge in [0.15, 0.2) is 0 Å². The van der Waals surface area contributed by atoms with Crippen LogP contribution in [-0.2, 0) is 0 Å². The first-order chi connectivity index (χ1) is 11.7. The molecule has 6 nitrogen and oxygen atoms in total. The van der Waals surface area contributed by atoms with Crippen molar-refractivity contribution >= 4 is 34.1 Å². The molecule has 24 heavy (non-hydrogen) atoms. The van der Waals surface area contributed by atoms with E-state index in [-0.39, 0.29) is 5.56 Å². The Morgan fingerprint density at radius 1 is 1.08 bits per heavy atom. The van der Waals surface area contributed by atoms with Crippen molar-refractivity contribution in [2.75, 3.05) is 5.43 Å². The van der Waals surface area contributed by atoms with E-state index in [1.54, 1.807) is 0 Å². The highest BCUT2D eigenvalue weighted by atomic mass is 16.1. The maximum atomic E-state index is 12.1. The lowest BCUT2D eigenvalue weighted by molar-refractivity contribution is 1.21. The maximum Gasteiger partial charge on any atom is 0.257 e. The monoisotopic (exact) mass is 317 g/mol. The lowest BCUT2D eigenvalue weighted by Crippen LogP contribution is -2.12. The molecule has 0 unspecified atom stereocenters. The summed E-state index contributed by atoms with van der Waals surface area (Å²) < 4.78 is 0. The topological polar surface area (TPSA) is 85.9 Å². The zero-order chi connectivity index (χ0) is 16.5. The molecule has 2 heterocycles. The summed E-state index contributed by atoms with van der Waals surface area (Å²) in [4.78, 5) is 22.5. The van der Waals surface area contributed by atoms with Gasteiger partial charge in [-0.2, -0.15) is 5.10 Å². The fraction of sp³-hybridized carbons (Fsp3) is 0.0556. The summed E-state index contributed by atoms with van der Waals surface area (Å²) in [5.74, 6) is 0.528. The van der Waals surface area contributed by atoms with Crippen molar-refractivity contribution in [2.24, 2.45) is 5.10 Å². The van der Waals surface area contributed by atoms with E-state index in [9.17, 15) is 4.79 Å². The van der Waals surface area contributed by atoms with Gasteiger partial charge in [-0.3, -0.25) is 4.79 Å². The summed E-state index contributed by atoms with van der Waals surface area (Å²) >= 11 is 0. The van der Waals surface area contributed by atoms with Gasteiger partial charge in [0.1, 0.15) is 0 Å². The van der Waals surface area contributed by atoms with Crippen LogP contribution >= 0.6 is 0 Å². The third-order valence-corrected chi connectivity index (χ3v) is 3.79. The van der Waals surface area contributed by atoms with Crippen LogP contribution in [0.3, 0.4) is 0 Å². The molecule has 3 N–H and O–H groups in total. The van der Waals surface area contributed by atoms with Crippen LogP contribution in [0.15, 0.2) is 58.4 Å². The largest absolute Gasteiger partial charge is 0.323 e. The molecule has 0 aliphatic rings. The van der Waals surface area contributed by atoms with Crippen LogP contribution in [0.25, 0.3) is 21.9 Å². The van der Waals surface area contributed by atoms with Crippen molar-refractivity contribution in [2.45, 2.75) is 6.92 Å². The molecule has 0 bridgehead atoms. The number of pyridine rings is 1. The van der Waals surface area contributed by atoms with E-state index in [0.29, 0.717) is 11.5 Å². The van der Waals surface area contributed by atoms with Crippen LogP contribution in [0.2, 0.25) is 0 Å². The number of nitrogens with one attached hydrogen (secondary N) is 3. The Morgan fingerprint density at radius 3 is 2.83 bits per heavy atom. The van der Waals surface area contributed by atoms with E-state index >= 15 is 0 Å². The van der Waals surface area contributed by atoms with Crippen molar-refractivity contribution in [3.8, 4) is 0 Å². The molecule has 2 aromatic carbocycles. The molecule has 4 aromatic rings. The summed E-state index contributed by atoms with van der Waals surface area (Å²) in [5.41, 5.74) is 6.83. The lowest BCUT2D eigenvalue weighted by atomic mass is 10.1. The highest BCUT2D eigenvalue weighted by Crippen LogP contribution is 2.14. The molecule has 0 amide bonds. The standard InChI is InChI=1S/C18H15N5O/c1-11-6-7-12-9-13(17(24)20-16(12)8-11)10-19-23-18-21-14-4-2-3-5-15(14)22-18/h2-10H,1H3,(H,20,24)(H2,21,22,23). The zero-order valence-corrected chi connectivity index (χ0v) is 13.0.